The summed E-state index contributed by atoms with van der Waals surface area (Å²) < 4.78 is 1.68. The molecule has 0 atom stereocenters. The molecule has 4 aromatic rings. The van der Waals surface area contributed by atoms with Crippen molar-refractivity contribution in [1.82, 2.24) is 25.3 Å². The molecule has 1 amide bonds. The third kappa shape index (κ3) is 4.06. The minimum absolute atomic E-state index is 0.269. The number of amides is 1. The highest BCUT2D eigenvalue weighted by Gasteiger charge is 2.22. The maximum Gasteiger partial charge on any atom is 0.274 e. The van der Waals surface area contributed by atoms with Crippen LogP contribution >= 0.6 is 0 Å². The monoisotopic (exact) mass is 383 g/mol. The first kappa shape index (κ1) is 18.6. The molecule has 0 radical (unpaired) electrons. The van der Waals surface area contributed by atoms with Crippen molar-refractivity contribution < 1.29 is 4.79 Å². The van der Waals surface area contributed by atoms with Crippen LogP contribution in [0.2, 0.25) is 0 Å². The van der Waals surface area contributed by atoms with Gasteiger partial charge < -0.3 is 5.32 Å². The zero-order chi connectivity index (χ0) is 20.2. The largest absolute Gasteiger partial charge is 0.346 e. The Morgan fingerprint density at radius 2 is 1.66 bits per heavy atom. The number of hydrogen-bond donors (Lipinski definition) is 1. The quantitative estimate of drug-likeness (QED) is 0.568. The van der Waals surface area contributed by atoms with Crippen LogP contribution < -0.4 is 5.32 Å². The topological polar surface area (TPSA) is 72.7 Å². The van der Waals surface area contributed by atoms with E-state index in [0.29, 0.717) is 12.2 Å². The third-order valence-electron chi connectivity index (χ3n) is 4.67. The number of pyridine rings is 1. The van der Waals surface area contributed by atoms with Crippen LogP contribution in [0.3, 0.4) is 0 Å². The highest BCUT2D eigenvalue weighted by atomic mass is 16.2. The van der Waals surface area contributed by atoms with E-state index in [1.807, 2.05) is 74.5 Å². The van der Waals surface area contributed by atoms with Crippen molar-refractivity contribution in [2.75, 3.05) is 0 Å². The van der Waals surface area contributed by atoms with Crippen molar-refractivity contribution in [2.45, 2.75) is 20.4 Å². The van der Waals surface area contributed by atoms with E-state index < -0.39 is 0 Å². The lowest BCUT2D eigenvalue weighted by Crippen LogP contribution is -2.24. The summed E-state index contributed by atoms with van der Waals surface area (Å²) in [6.45, 7) is 4.48. The zero-order valence-corrected chi connectivity index (χ0v) is 16.3. The minimum Gasteiger partial charge on any atom is -0.346 e. The van der Waals surface area contributed by atoms with E-state index in [4.69, 9.17) is 0 Å². The fraction of sp³-hybridized carbons (Fsp3) is 0.130. The van der Waals surface area contributed by atoms with Crippen molar-refractivity contribution >= 4 is 5.91 Å². The SMILES string of the molecule is Cc1ccc(CNC(=O)c2nnn(-c3ccc(C)cc3)c2-c2cccnc2)cc1. The molecule has 0 aliphatic heterocycles. The molecule has 6 nitrogen and oxygen atoms in total. The first-order valence-electron chi connectivity index (χ1n) is 9.39. The number of carbonyl (C=O) groups is 1. The summed E-state index contributed by atoms with van der Waals surface area (Å²) in [5, 5.41) is 11.4. The van der Waals surface area contributed by atoms with Crippen LogP contribution in [0.1, 0.15) is 27.2 Å². The molecule has 6 heteroatoms. The molecule has 0 fully saturated rings. The molecular weight excluding hydrogens is 362 g/mol. The number of rotatable bonds is 5. The zero-order valence-electron chi connectivity index (χ0n) is 16.3. The second kappa shape index (κ2) is 8.06. The van der Waals surface area contributed by atoms with Gasteiger partial charge in [-0.25, -0.2) is 4.68 Å². The second-order valence-electron chi connectivity index (χ2n) is 6.94. The average Bonchev–Trinajstić information content (AvgIpc) is 3.19. The van der Waals surface area contributed by atoms with E-state index in [2.05, 4.69) is 20.6 Å². The predicted octanol–water partition coefficient (Wildman–Crippen LogP) is 3.88. The third-order valence-corrected chi connectivity index (χ3v) is 4.67. The van der Waals surface area contributed by atoms with Crippen molar-refractivity contribution in [3.8, 4) is 16.9 Å². The molecule has 2 heterocycles. The molecule has 2 aromatic heterocycles. The van der Waals surface area contributed by atoms with Crippen LogP contribution in [-0.2, 0) is 6.54 Å². The van der Waals surface area contributed by atoms with Gasteiger partial charge in [0.2, 0.25) is 0 Å². The van der Waals surface area contributed by atoms with Crippen LogP contribution in [-0.4, -0.2) is 25.9 Å². The summed E-state index contributed by atoms with van der Waals surface area (Å²) in [6.07, 6.45) is 3.40. The molecule has 0 bridgehead atoms. The fourth-order valence-corrected chi connectivity index (χ4v) is 3.04. The Kier molecular flexibility index (Phi) is 5.16. The molecule has 0 aliphatic rings. The number of benzene rings is 2. The minimum atomic E-state index is -0.275. The summed E-state index contributed by atoms with van der Waals surface area (Å²) in [7, 11) is 0. The number of hydrogen-bond acceptors (Lipinski definition) is 4. The van der Waals surface area contributed by atoms with Gasteiger partial charge in [0.15, 0.2) is 5.69 Å². The summed E-state index contributed by atoms with van der Waals surface area (Å²) in [6, 6.07) is 19.7. The Labute approximate surface area is 169 Å². The fourth-order valence-electron chi connectivity index (χ4n) is 3.04. The van der Waals surface area contributed by atoms with Crippen molar-refractivity contribution in [2.24, 2.45) is 0 Å². The van der Waals surface area contributed by atoms with Gasteiger partial charge in [0.1, 0.15) is 5.69 Å². The molecule has 1 N–H and O–H groups in total. The van der Waals surface area contributed by atoms with E-state index in [1.54, 1.807) is 17.1 Å². The van der Waals surface area contributed by atoms with Crippen LogP contribution in [0.4, 0.5) is 0 Å². The average molecular weight is 383 g/mol. The smallest absolute Gasteiger partial charge is 0.274 e. The van der Waals surface area contributed by atoms with E-state index in [9.17, 15) is 4.79 Å². The lowest BCUT2D eigenvalue weighted by molar-refractivity contribution is 0.0946. The molecule has 0 saturated carbocycles. The normalized spacial score (nSPS) is 10.7. The molecule has 4 rings (SSSR count). The molecular formula is C23H21N5O. The second-order valence-corrected chi connectivity index (χ2v) is 6.94. The Morgan fingerprint density at radius 1 is 0.966 bits per heavy atom. The summed E-state index contributed by atoms with van der Waals surface area (Å²) in [5.74, 6) is -0.275. The van der Waals surface area contributed by atoms with Crippen molar-refractivity contribution in [1.29, 1.82) is 0 Å². The Bertz CT molecular complexity index is 1120. The summed E-state index contributed by atoms with van der Waals surface area (Å²) >= 11 is 0. The van der Waals surface area contributed by atoms with Crippen molar-refractivity contribution in [3.63, 3.8) is 0 Å². The molecule has 2 aromatic carbocycles. The highest BCUT2D eigenvalue weighted by Crippen LogP contribution is 2.25. The molecule has 0 unspecified atom stereocenters. The molecule has 0 spiro atoms. The predicted molar refractivity (Wildman–Crippen MR) is 112 cm³/mol. The Hall–Kier alpha value is -3.80. The van der Waals surface area contributed by atoms with Gasteiger partial charge in [0.05, 0.1) is 5.69 Å². The van der Waals surface area contributed by atoms with Crippen LogP contribution in [0.25, 0.3) is 16.9 Å². The van der Waals surface area contributed by atoms with Gasteiger partial charge in [-0.2, -0.15) is 0 Å². The Morgan fingerprint density at radius 3 is 2.31 bits per heavy atom. The summed E-state index contributed by atoms with van der Waals surface area (Å²) in [4.78, 5) is 17.1. The molecule has 29 heavy (non-hydrogen) atoms. The van der Waals surface area contributed by atoms with Gasteiger partial charge in [-0.15, -0.1) is 5.10 Å². The first-order valence-corrected chi connectivity index (χ1v) is 9.39. The van der Waals surface area contributed by atoms with Crippen LogP contribution in [0.15, 0.2) is 73.1 Å². The molecule has 144 valence electrons. The maximum absolute atomic E-state index is 12.9. The number of aromatic nitrogens is 4. The lowest BCUT2D eigenvalue weighted by atomic mass is 10.1. The lowest BCUT2D eigenvalue weighted by Gasteiger charge is -2.09. The first-order chi connectivity index (χ1) is 14.1. The maximum atomic E-state index is 12.9. The number of aryl methyl sites for hydroxylation is 2. The number of nitrogens with zero attached hydrogens (tertiary/aromatic N) is 4. The van der Waals surface area contributed by atoms with Gasteiger partial charge >= 0.3 is 0 Å². The van der Waals surface area contributed by atoms with E-state index in [0.717, 1.165) is 22.4 Å². The van der Waals surface area contributed by atoms with Gasteiger partial charge in [-0.05, 0) is 43.7 Å². The highest BCUT2D eigenvalue weighted by molar-refractivity contribution is 5.98. The number of nitrogens with one attached hydrogen (secondary N) is 1. The molecule has 0 aliphatic carbocycles. The van der Waals surface area contributed by atoms with E-state index in [1.165, 1.54) is 5.56 Å². The van der Waals surface area contributed by atoms with Crippen molar-refractivity contribution in [3.05, 3.63) is 95.4 Å². The van der Waals surface area contributed by atoms with Gasteiger partial charge in [0, 0.05) is 24.5 Å². The standard InChI is InChI=1S/C23H21N5O/c1-16-5-9-18(10-6-16)14-25-23(29)21-22(19-4-3-13-24-15-19)28(27-26-21)20-11-7-17(2)8-12-20/h3-13,15H,14H2,1-2H3,(H,25,29). The Balaban J connectivity index is 1.68. The van der Waals surface area contributed by atoms with Crippen LogP contribution in [0, 0.1) is 13.8 Å². The summed E-state index contributed by atoms with van der Waals surface area (Å²) in [5.41, 5.74) is 5.85. The van der Waals surface area contributed by atoms with Gasteiger partial charge in [-0.3, -0.25) is 9.78 Å². The molecule has 0 saturated heterocycles. The van der Waals surface area contributed by atoms with Gasteiger partial charge in [0.25, 0.3) is 5.91 Å². The number of carbonyl (C=O) groups excluding carboxylic acids is 1. The van der Waals surface area contributed by atoms with Gasteiger partial charge in [-0.1, -0.05) is 52.7 Å². The van der Waals surface area contributed by atoms with E-state index in [-0.39, 0.29) is 11.6 Å². The van der Waals surface area contributed by atoms with E-state index >= 15 is 0 Å². The van der Waals surface area contributed by atoms with Crippen LogP contribution in [0.5, 0.6) is 0 Å².